The first-order valence-electron chi connectivity index (χ1n) is 10.9. The lowest BCUT2D eigenvalue weighted by Gasteiger charge is -2.08. The van der Waals surface area contributed by atoms with Gasteiger partial charge in [0.15, 0.2) is 11.5 Å². The van der Waals surface area contributed by atoms with Crippen LogP contribution in [0, 0.1) is 5.92 Å². The number of primary amides is 1. The normalized spacial score (nSPS) is 13.2. The molecule has 1 fully saturated rings. The van der Waals surface area contributed by atoms with Gasteiger partial charge in [0.1, 0.15) is 23.8 Å². The molecule has 3 aromatic heterocycles. The molecule has 8 heteroatoms. The number of aromatic nitrogens is 4. The average Bonchev–Trinajstić information content (AvgIpc) is 3.60. The summed E-state index contributed by atoms with van der Waals surface area (Å²) in [7, 11) is 0. The Morgan fingerprint density at radius 2 is 1.88 bits per heavy atom. The van der Waals surface area contributed by atoms with E-state index in [0.717, 1.165) is 35.3 Å². The zero-order valence-electron chi connectivity index (χ0n) is 18.0. The number of carbonyl (C=O) groups excluding carboxylic acids is 2. The number of ketones is 1. The highest BCUT2D eigenvalue weighted by molar-refractivity contribution is 5.90. The second-order valence-electron chi connectivity index (χ2n) is 8.18. The molecule has 33 heavy (non-hydrogen) atoms. The monoisotopic (exact) mass is 441 g/mol. The highest BCUT2D eigenvalue weighted by Crippen LogP contribution is 2.31. The molecule has 1 aromatic carbocycles. The lowest BCUT2D eigenvalue weighted by Crippen LogP contribution is -2.13. The van der Waals surface area contributed by atoms with E-state index in [1.807, 2.05) is 47.0 Å². The van der Waals surface area contributed by atoms with E-state index in [1.165, 1.54) is 0 Å². The molecule has 0 aliphatic heterocycles. The van der Waals surface area contributed by atoms with Crippen molar-refractivity contribution in [2.75, 3.05) is 0 Å². The quantitative estimate of drug-likeness (QED) is 0.426. The number of nitrogens with two attached hydrogens (primary N) is 1. The van der Waals surface area contributed by atoms with Crippen LogP contribution in [0.15, 0.2) is 60.8 Å². The molecule has 2 N–H and O–H groups in total. The first-order chi connectivity index (χ1) is 16.1. The highest BCUT2D eigenvalue weighted by Gasteiger charge is 2.29. The van der Waals surface area contributed by atoms with Gasteiger partial charge in [-0.1, -0.05) is 12.1 Å². The summed E-state index contributed by atoms with van der Waals surface area (Å²) in [6, 6.07) is 16.9. The zero-order valence-corrected chi connectivity index (χ0v) is 18.0. The number of ether oxygens (including phenoxy) is 1. The van der Waals surface area contributed by atoms with Crippen LogP contribution in [0.4, 0.5) is 0 Å². The predicted molar refractivity (Wildman–Crippen MR) is 122 cm³/mol. The van der Waals surface area contributed by atoms with Crippen molar-refractivity contribution in [1.82, 2.24) is 19.6 Å². The van der Waals surface area contributed by atoms with Crippen LogP contribution >= 0.6 is 0 Å². The number of aryl methyl sites for hydroxylation is 1. The molecule has 166 valence electrons. The van der Waals surface area contributed by atoms with E-state index in [0.29, 0.717) is 36.8 Å². The SMILES string of the molecule is NC(=O)c1ccc(COc2ccc(-c3cccc4nc(CCC(=O)C5CC5)nn34)cc2)cn1. The largest absolute Gasteiger partial charge is 0.489 e. The van der Waals surface area contributed by atoms with Crippen molar-refractivity contribution in [2.24, 2.45) is 11.7 Å². The molecule has 0 saturated heterocycles. The van der Waals surface area contributed by atoms with Crippen molar-refractivity contribution < 1.29 is 14.3 Å². The number of benzene rings is 1. The average molecular weight is 441 g/mol. The molecule has 5 rings (SSSR count). The molecule has 8 nitrogen and oxygen atoms in total. The van der Waals surface area contributed by atoms with E-state index < -0.39 is 5.91 Å². The van der Waals surface area contributed by atoms with Crippen LogP contribution in [0.1, 0.15) is 41.1 Å². The van der Waals surface area contributed by atoms with E-state index in [1.54, 1.807) is 18.3 Å². The summed E-state index contributed by atoms with van der Waals surface area (Å²) in [6.45, 7) is 0.326. The Labute approximate surface area is 190 Å². The van der Waals surface area contributed by atoms with Crippen LogP contribution in [-0.2, 0) is 17.8 Å². The smallest absolute Gasteiger partial charge is 0.267 e. The number of pyridine rings is 2. The number of hydrogen-bond acceptors (Lipinski definition) is 6. The van der Waals surface area contributed by atoms with Crippen LogP contribution < -0.4 is 10.5 Å². The lowest BCUT2D eigenvalue weighted by atomic mass is 10.1. The Bertz CT molecular complexity index is 1310. The number of hydrogen-bond donors (Lipinski definition) is 1. The minimum atomic E-state index is -0.556. The summed E-state index contributed by atoms with van der Waals surface area (Å²) in [5.41, 5.74) is 8.92. The van der Waals surface area contributed by atoms with Crippen LogP contribution in [0.2, 0.25) is 0 Å². The minimum absolute atomic E-state index is 0.225. The van der Waals surface area contributed by atoms with Gasteiger partial charge in [0.2, 0.25) is 0 Å². The zero-order chi connectivity index (χ0) is 22.8. The third-order valence-electron chi connectivity index (χ3n) is 5.66. The van der Waals surface area contributed by atoms with Crippen molar-refractivity contribution in [3.63, 3.8) is 0 Å². The molecule has 1 amide bonds. The third kappa shape index (κ3) is 4.74. The molecule has 0 bridgehead atoms. The summed E-state index contributed by atoms with van der Waals surface area (Å²) in [6.07, 6.45) is 4.71. The summed E-state index contributed by atoms with van der Waals surface area (Å²) < 4.78 is 7.65. The Kier molecular flexibility index (Phi) is 5.56. The first kappa shape index (κ1) is 20.8. The Morgan fingerprint density at radius 3 is 2.58 bits per heavy atom. The van der Waals surface area contributed by atoms with Crippen LogP contribution in [-0.4, -0.2) is 31.3 Å². The summed E-state index contributed by atoms with van der Waals surface area (Å²) >= 11 is 0. The number of carbonyl (C=O) groups is 2. The van der Waals surface area contributed by atoms with Gasteiger partial charge in [0.05, 0.1) is 5.69 Å². The minimum Gasteiger partial charge on any atom is -0.489 e. The second kappa shape index (κ2) is 8.82. The van der Waals surface area contributed by atoms with Gasteiger partial charge in [-0.05, 0) is 55.3 Å². The van der Waals surface area contributed by atoms with Crippen molar-refractivity contribution >= 4 is 17.3 Å². The van der Waals surface area contributed by atoms with Crippen molar-refractivity contribution in [2.45, 2.75) is 32.3 Å². The lowest BCUT2D eigenvalue weighted by molar-refractivity contribution is -0.120. The van der Waals surface area contributed by atoms with Crippen molar-refractivity contribution in [1.29, 1.82) is 0 Å². The molecule has 0 atom stereocenters. The van der Waals surface area contributed by atoms with Gasteiger partial charge < -0.3 is 10.5 Å². The predicted octanol–water partition coefficient (Wildman–Crippen LogP) is 3.38. The van der Waals surface area contributed by atoms with Gasteiger partial charge in [-0.15, -0.1) is 0 Å². The molecule has 1 saturated carbocycles. The van der Waals surface area contributed by atoms with Crippen LogP contribution in [0.3, 0.4) is 0 Å². The van der Waals surface area contributed by atoms with Crippen LogP contribution in [0.5, 0.6) is 5.75 Å². The van der Waals surface area contributed by atoms with Gasteiger partial charge in [-0.2, -0.15) is 5.10 Å². The summed E-state index contributed by atoms with van der Waals surface area (Å²) in [5.74, 6) is 1.43. The van der Waals surface area contributed by atoms with E-state index in [2.05, 4.69) is 15.1 Å². The summed E-state index contributed by atoms with van der Waals surface area (Å²) in [5, 5.41) is 4.64. The fourth-order valence-corrected chi connectivity index (χ4v) is 3.66. The molecular weight excluding hydrogens is 418 g/mol. The molecule has 0 unspecified atom stereocenters. The maximum Gasteiger partial charge on any atom is 0.267 e. The van der Waals surface area contributed by atoms with Crippen molar-refractivity contribution in [3.8, 4) is 17.0 Å². The van der Waals surface area contributed by atoms with E-state index >= 15 is 0 Å². The third-order valence-corrected chi connectivity index (χ3v) is 5.66. The number of amides is 1. The molecule has 1 aliphatic rings. The first-order valence-corrected chi connectivity index (χ1v) is 10.9. The number of rotatable bonds is 9. The van der Waals surface area contributed by atoms with Crippen LogP contribution in [0.25, 0.3) is 16.9 Å². The fraction of sp³-hybridized carbons (Fsp3) is 0.240. The topological polar surface area (TPSA) is 112 Å². The van der Waals surface area contributed by atoms with Gasteiger partial charge >= 0.3 is 0 Å². The maximum atomic E-state index is 12.0. The van der Waals surface area contributed by atoms with Gasteiger partial charge in [0, 0.05) is 36.1 Å². The number of Topliss-reactive ketones (excluding diaryl/α,β-unsaturated/α-hetero) is 1. The van der Waals surface area contributed by atoms with Gasteiger partial charge in [0.25, 0.3) is 5.91 Å². The van der Waals surface area contributed by atoms with E-state index in [4.69, 9.17) is 10.5 Å². The fourth-order valence-electron chi connectivity index (χ4n) is 3.66. The molecule has 0 radical (unpaired) electrons. The Hall–Kier alpha value is -4.07. The highest BCUT2D eigenvalue weighted by atomic mass is 16.5. The van der Waals surface area contributed by atoms with E-state index in [-0.39, 0.29) is 11.6 Å². The standard InChI is InChI=1S/C25H23N5O3/c26-25(32)20-11-4-16(14-27-20)15-33-19-9-7-17(8-10-19)21-2-1-3-24-28-23(29-30(21)24)13-12-22(31)18-5-6-18/h1-4,7-11,14,18H,5-6,12-13,15H2,(H2,26,32). The van der Waals surface area contributed by atoms with Gasteiger partial charge in [-0.3, -0.25) is 14.6 Å². The summed E-state index contributed by atoms with van der Waals surface area (Å²) in [4.78, 5) is 31.7. The molecular formula is C25H23N5O3. The van der Waals surface area contributed by atoms with Crippen molar-refractivity contribution in [3.05, 3.63) is 77.9 Å². The van der Waals surface area contributed by atoms with Gasteiger partial charge in [-0.25, -0.2) is 9.50 Å². The Balaban J connectivity index is 1.27. The molecule has 3 heterocycles. The number of fused-ring (bicyclic) bond motifs is 1. The Morgan fingerprint density at radius 1 is 1.06 bits per heavy atom. The maximum absolute atomic E-state index is 12.0. The molecule has 4 aromatic rings. The molecule has 0 spiro atoms. The second-order valence-corrected chi connectivity index (χ2v) is 8.18. The molecule has 1 aliphatic carbocycles. The van der Waals surface area contributed by atoms with E-state index in [9.17, 15) is 9.59 Å². The number of nitrogens with zero attached hydrogens (tertiary/aromatic N) is 4.